The third kappa shape index (κ3) is 4.13. The number of anilines is 1. The van der Waals surface area contributed by atoms with Gasteiger partial charge in [0.2, 0.25) is 5.91 Å². The zero-order chi connectivity index (χ0) is 21.8. The van der Waals surface area contributed by atoms with Crippen molar-refractivity contribution >= 4 is 28.1 Å². The van der Waals surface area contributed by atoms with Crippen LogP contribution in [-0.4, -0.2) is 26.7 Å². The molecule has 0 aliphatic carbocycles. The highest BCUT2D eigenvalue weighted by Crippen LogP contribution is 2.37. The van der Waals surface area contributed by atoms with E-state index < -0.39 is 0 Å². The Labute approximate surface area is 176 Å². The third-order valence-electron chi connectivity index (χ3n) is 4.97. The van der Waals surface area contributed by atoms with Crippen molar-refractivity contribution < 1.29 is 23.4 Å². The minimum absolute atomic E-state index is 0.264. The van der Waals surface area contributed by atoms with Crippen molar-refractivity contribution in [3.05, 3.63) is 53.3 Å². The van der Waals surface area contributed by atoms with Gasteiger partial charge in [0.15, 0.2) is 0 Å². The predicted molar refractivity (Wildman–Crippen MR) is 119 cm³/mol. The number of fused-ring (bicyclic) bond motifs is 1. The molecule has 0 aliphatic heterocycles. The number of ether oxygens (including phenoxy) is 3. The van der Waals surface area contributed by atoms with Gasteiger partial charge in [-0.25, -0.2) is 0 Å². The highest BCUT2D eigenvalue weighted by Gasteiger charge is 2.17. The minimum Gasteiger partial charge on any atom is -0.497 e. The number of amides is 1. The zero-order valence-corrected chi connectivity index (χ0v) is 18.2. The van der Waals surface area contributed by atoms with Crippen LogP contribution in [0.25, 0.3) is 16.5 Å². The normalized spacial score (nSPS) is 11.5. The Kier molecular flexibility index (Phi) is 6.35. The number of allylic oxidation sites excluding steroid dienone is 1. The fraction of sp³-hybridized carbons (Fsp3) is 0.292. The SMILES string of the molecule is CCOc1c(/C(C)=C/C(=O)Nc2ccc(OC)cc2OC)cc2c(C)coc2c1C. The first-order valence-corrected chi connectivity index (χ1v) is 9.75. The van der Waals surface area contributed by atoms with Crippen LogP contribution in [0.4, 0.5) is 5.69 Å². The van der Waals surface area contributed by atoms with Crippen LogP contribution in [0.5, 0.6) is 17.2 Å². The zero-order valence-electron chi connectivity index (χ0n) is 18.2. The number of methoxy groups -OCH3 is 2. The molecule has 1 heterocycles. The fourth-order valence-electron chi connectivity index (χ4n) is 3.41. The van der Waals surface area contributed by atoms with E-state index in [0.717, 1.165) is 39.0 Å². The summed E-state index contributed by atoms with van der Waals surface area (Å²) < 4.78 is 22.2. The van der Waals surface area contributed by atoms with Crippen LogP contribution in [0, 0.1) is 13.8 Å². The molecule has 0 radical (unpaired) electrons. The Balaban J connectivity index is 1.96. The molecule has 0 fully saturated rings. The van der Waals surface area contributed by atoms with E-state index in [0.29, 0.717) is 23.8 Å². The standard InChI is InChI=1S/C24H27NO5/c1-7-29-23-16(4)24-19(15(3)13-30-24)12-18(23)14(2)10-22(26)25-20-9-8-17(27-5)11-21(20)28-6/h8-13H,7H2,1-6H3,(H,25,26)/b14-10+. The van der Waals surface area contributed by atoms with Crippen LogP contribution in [0.1, 0.15) is 30.5 Å². The third-order valence-corrected chi connectivity index (χ3v) is 4.97. The number of carbonyl (C=O) groups excluding carboxylic acids is 1. The minimum atomic E-state index is -0.264. The first-order chi connectivity index (χ1) is 14.4. The van der Waals surface area contributed by atoms with Crippen LogP contribution in [0.2, 0.25) is 0 Å². The van der Waals surface area contributed by atoms with Gasteiger partial charge in [-0.15, -0.1) is 0 Å². The lowest BCUT2D eigenvalue weighted by Gasteiger charge is -2.15. The van der Waals surface area contributed by atoms with E-state index in [9.17, 15) is 4.79 Å². The number of rotatable bonds is 7. The number of hydrogen-bond donors (Lipinski definition) is 1. The molecule has 0 spiro atoms. The summed E-state index contributed by atoms with van der Waals surface area (Å²) in [6.45, 7) is 8.31. The van der Waals surface area contributed by atoms with Crippen molar-refractivity contribution in [3.8, 4) is 17.2 Å². The average Bonchev–Trinajstić information content (AvgIpc) is 3.11. The fourth-order valence-corrected chi connectivity index (χ4v) is 3.41. The van der Waals surface area contributed by atoms with Crippen molar-refractivity contribution in [1.29, 1.82) is 0 Å². The summed E-state index contributed by atoms with van der Waals surface area (Å²) in [6.07, 6.45) is 3.29. The molecule has 3 rings (SSSR count). The monoisotopic (exact) mass is 409 g/mol. The molecular formula is C24H27NO5. The largest absolute Gasteiger partial charge is 0.497 e. The number of nitrogens with one attached hydrogen (secondary N) is 1. The lowest BCUT2D eigenvalue weighted by atomic mass is 9.98. The molecule has 2 aromatic carbocycles. The topological polar surface area (TPSA) is 69.9 Å². The molecule has 0 saturated carbocycles. The van der Waals surface area contributed by atoms with Crippen molar-refractivity contribution in [2.45, 2.75) is 27.7 Å². The van der Waals surface area contributed by atoms with Gasteiger partial charge >= 0.3 is 0 Å². The van der Waals surface area contributed by atoms with Gasteiger partial charge < -0.3 is 23.9 Å². The number of carbonyl (C=O) groups is 1. The van der Waals surface area contributed by atoms with Crippen molar-refractivity contribution in [3.63, 3.8) is 0 Å². The number of aryl methyl sites for hydroxylation is 2. The van der Waals surface area contributed by atoms with Gasteiger partial charge in [0.05, 0.1) is 32.8 Å². The van der Waals surface area contributed by atoms with Gasteiger partial charge in [-0.1, -0.05) is 0 Å². The van der Waals surface area contributed by atoms with Crippen LogP contribution < -0.4 is 19.5 Å². The summed E-state index contributed by atoms with van der Waals surface area (Å²) in [4.78, 5) is 12.7. The Morgan fingerprint density at radius 1 is 1.17 bits per heavy atom. The molecule has 6 nitrogen and oxygen atoms in total. The van der Waals surface area contributed by atoms with E-state index in [1.807, 2.05) is 33.8 Å². The Hall–Kier alpha value is -3.41. The highest BCUT2D eigenvalue weighted by molar-refractivity contribution is 6.05. The highest BCUT2D eigenvalue weighted by atomic mass is 16.5. The van der Waals surface area contributed by atoms with Crippen LogP contribution in [0.3, 0.4) is 0 Å². The van der Waals surface area contributed by atoms with Crippen LogP contribution >= 0.6 is 0 Å². The lowest BCUT2D eigenvalue weighted by molar-refractivity contribution is -0.111. The first kappa shape index (κ1) is 21.3. The van der Waals surface area contributed by atoms with Gasteiger partial charge in [0, 0.05) is 28.7 Å². The Morgan fingerprint density at radius 2 is 1.93 bits per heavy atom. The molecule has 0 unspecified atom stereocenters. The first-order valence-electron chi connectivity index (χ1n) is 9.75. The molecule has 1 aromatic heterocycles. The lowest BCUT2D eigenvalue weighted by Crippen LogP contribution is -2.10. The van der Waals surface area contributed by atoms with E-state index in [4.69, 9.17) is 18.6 Å². The predicted octanol–water partition coefficient (Wildman–Crippen LogP) is 5.51. The number of benzene rings is 2. The van der Waals surface area contributed by atoms with E-state index in [1.165, 1.54) is 0 Å². The van der Waals surface area contributed by atoms with Crippen molar-refractivity contribution in [1.82, 2.24) is 0 Å². The van der Waals surface area contributed by atoms with Crippen molar-refractivity contribution in [2.24, 2.45) is 0 Å². The summed E-state index contributed by atoms with van der Waals surface area (Å²) in [5.41, 5.74) is 4.98. The second-order valence-electron chi connectivity index (χ2n) is 6.99. The summed E-state index contributed by atoms with van der Waals surface area (Å²) in [7, 11) is 3.13. The summed E-state index contributed by atoms with van der Waals surface area (Å²) in [5, 5.41) is 3.88. The molecular weight excluding hydrogens is 382 g/mol. The van der Waals surface area contributed by atoms with Gasteiger partial charge in [-0.2, -0.15) is 0 Å². The molecule has 0 atom stereocenters. The molecule has 3 aromatic rings. The van der Waals surface area contributed by atoms with Gasteiger partial charge in [-0.05, 0) is 57.0 Å². The smallest absolute Gasteiger partial charge is 0.248 e. The molecule has 0 saturated heterocycles. The van der Waals surface area contributed by atoms with Gasteiger partial charge in [0.1, 0.15) is 22.8 Å². The van der Waals surface area contributed by atoms with E-state index in [2.05, 4.69) is 5.32 Å². The maximum Gasteiger partial charge on any atom is 0.248 e. The Morgan fingerprint density at radius 3 is 2.60 bits per heavy atom. The molecule has 0 bridgehead atoms. The van der Waals surface area contributed by atoms with Crippen LogP contribution in [-0.2, 0) is 4.79 Å². The Bertz CT molecular complexity index is 1110. The van der Waals surface area contributed by atoms with E-state index in [1.54, 1.807) is 44.8 Å². The van der Waals surface area contributed by atoms with E-state index >= 15 is 0 Å². The molecule has 0 aliphatic rings. The number of hydrogen-bond acceptors (Lipinski definition) is 5. The summed E-state index contributed by atoms with van der Waals surface area (Å²) in [5.74, 6) is 1.63. The molecule has 6 heteroatoms. The van der Waals surface area contributed by atoms with Gasteiger partial charge in [0.25, 0.3) is 0 Å². The van der Waals surface area contributed by atoms with Crippen molar-refractivity contribution in [2.75, 3.05) is 26.1 Å². The summed E-state index contributed by atoms with van der Waals surface area (Å²) >= 11 is 0. The molecule has 158 valence electrons. The molecule has 1 amide bonds. The molecule has 1 N–H and O–H groups in total. The van der Waals surface area contributed by atoms with Gasteiger partial charge in [-0.3, -0.25) is 4.79 Å². The second kappa shape index (κ2) is 8.95. The van der Waals surface area contributed by atoms with Crippen LogP contribution in [0.15, 0.2) is 41.0 Å². The molecule has 30 heavy (non-hydrogen) atoms. The average molecular weight is 409 g/mol. The maximum atomic E-state index is 12.7. The second-order valence-corrected chi connectivity index (χ2v) is 6.99. The maximum absolute atomic E-state index is 12.7. The summed E-state index contributed by atoms with van der Waals surface area (Å²) in [6, 6.07) is 7.24. The quantitative estimate of drug-likeness (QED) is 0.521. The number of furan rings is 1. The van der Waals surface area contributed by atoms with E-state index in [-0.39, 0.29) is 5.91 Å².